The van der Waals surface area contributed by atoms with Crippen molar-refractivity contribution in [3.8, 4) is 5.69 Å². The Morgan fingerprint density at radius 2 is 2.00 bits per heavy atom. The minimum absolute atomic E-state index is 0.0304. The first-order valence-corrected chi connectivity index (χ1v) is 10.7. The molecule has 0 fully saturated rings. The molecule has 2 heterocycles. The second-order valence-corrected chi connectivity index (χ2v) is 7.79. The Balaban J connectivity index is 1.78. The molecule has 0 atom stereocenters. The number of imide groups is 1. The van der Waals surface area contributed by atoms with E-state index in [1.165, 1.54) is 15.9 Å². The zero-order valence-corrected chi connectivity index (χ0v) is 16.9. The van der Waals surface area contributed by atoms with Crippen LogP contribution >= 0.6 is 23.1 Å². The van der Waals surface area contributed by atoms with E-state index in [9.17, 15) is 14.4 Å². The number of fused-ring (bicyclic) bond motifs is 1. The summed E-state index contributed by atoms with van der Waals surface area (Å²) in [5.41, 5.74) is 0.492. The maximum Gasteiger partial charge on any atom is 0.321 e. The number of nitrogens with zero attached hydrogens (tertiary/aromatic N) is 2. The van der Waals surface area contributed by atoms with Crippen molar-refractivity contribution in [2.75, 3.05) is 12.3 Å². The molecule has 2 N–H and O–H groups in total. The number of para-hydroxylation sites is 1. The highest BCUT2D eigenvalue weighted by molar-refractivity contribution is 7.99. The highest BCUT2D eigenvalue weighted by Gasteiger charge is 2.16. The first-order valence-electron chi connectivity index (χ1n) is 8.86. The Morgan fingerprint density at radius 3 is 2.75 bits per heavy atom. The van der Waals surface area contributed by atoms with Crippen LogP contribution in [0.5, 0.6) is 0 Å². The topological polar surface area (TPSA) is 93.1 Å². The van der Waals surface area contributed by atoms with Crippen molar-refractivity contribution < 1.29 is 9.59 Å². The van der Waals surface area contributed by atoms with Crippen molar-refractivity contribution in [2.45, 2.75) is 24.9 Å². The lowest BCUT2D eigenvalue weighted by Gasteiger charge is -2.12. The van der Waals surface area contributed by atoms with E-state index in [-0.39, 0.29) is 11.3 Å². The molecule has 0 unspecified atom stereocenters. The molecule has 1 aromatic carbocycles. The van der Waals surface area contributed by atoms with Crippen molar-refractivity contribution in [1.82, 2.24) is 20.2 Å². The summed E-state index contributed by atoms with van der Waals surface area (Å²) in [5.74, 6) is -0.476. The van der Waals surface area contributed by atoms with Crippen LogP contribution in [0.15, 0.2) is 51.7 Å². The van der Waals surface area contributed by atoms with Crippen molar-refractivity contribution in [3.63, 3.8) is 0 Å². The number of amides is 3. The Kier molecular flexibility index (Phi) is 6.83. The number of thioether (sulfide) groups is 1. The molecule has 0 saturated carbocycles. The van der Waals surface area contributed by atoms with Crippen LogP contribution in [-0.2, 0) is 4.79 Å². The number of hydrogen-bond acceptors (Lipinski definition) is 6. The summed E-state index contributed by atoms with van der Waals surface area (Å²) in [6, 6.07) is 10.4. The molecule has 0 aliphatic heterocycles. The van der Waals surface area contributed by atoms with Gasteiger partial charge in [0.2, 0.25) is 5.91 Å². The molecule has 0 radical (unpaired) electrons. The van der Waals surface area contributed by atoms with Crippen molar-refractivity contribution in [2.24, 2.45) is 0 Å². The second-order valence-electron chi connectivity index (χ2n) is 5.96. The van der Waals surface area contributed by atoms with E-state index < -0.39 is 11.9 Å². The number of urea groups is 1. The van der Waals surface area contributed by atoms with E-state index in [0.717, 1.165) is 24.6 Å². The predicted octanol–water partition coefficient (Wildman–Crippen LogP) is 3.17. The lowest BCUT2D eigenvalue weighted by atomic mass is 10.3. The standard InChI is InChI=1S/C19H20N4O3S2/c1-2-3-10-20-18(26)21-15(24)12-28-19-22-16-14(9-11-27-16)17(25)23(19)13-7-5-4-6-8-13/h4-9,11H,2-3,10,12H2,1H3,(H2,20,21,24,26). The summed E-state index contributed by atoms with van der Waals surface area (Å²) >= 11 is 2.49. The van der Waals surface area contributed by atoms with Gasteiger partial charge in [0.05, 0.1) is 16.8 Å². The average molecular weight is 417 g/mol. The summed E-state index contributed by atoms with van der Waals surface area (Å²) in [6.45, 7) is 2.54. The highest BCUT2D eigenvalue weighted by Crippen LogP contribution is 2.23. The van der Waals surface area contributed by atoms with Gasteiger partial charge in [-0.25, -0.2) is 9.78 Å². The fraction of sp³-hybridized carbons (Fsp3) is 0.263. The summed E-state index contributed by atoms with van der Waals surface area (Å²) in [5, 5.41) is 7.69. The lowest BCUT2D eigenvalue weighted by Crippen LogP contribution is -2.40. The largest absolute Gasteiger partial charge is 0.338 e. The Labute approximate surface area is 170 Å². The van der Waals surface area contributed by atoms with Crippen molar-refractivity contribution in [3.05, 3.63) is 52.1 Å². The average Bonchev–Trinajstić information content (AvgIpc) is 3.16. The van der Waals surface area contributed by atoms with E-state index in [0.29, 0.717) is 27.6 Å². The minimum atomic E-state index is -0.513. The maximum atomic E-state index is 12.9. The zero-order valence-electron chi connectivity index (χ0n) is 15.3. The summed E-state index contributed by atoms with van der Waals surface area (Å²) in [7, 11) is 0. The monoisotopic (exact) mass is 416 g/mol. The van der Waals surface area contributed by atoms with E-state index >= 15 is 0 Å². The van der Waals surface area contributed by atoms with Crippen LogP contribution in [0.3, 0.4) is 0 Å². The number of aromatic nitrogens is 2. The molecular weight excluding hydrogens is 396 g/mol. The van der Waals surface area contributed by atoms with Crippen LogP contribution in [0.2, 0.25) is 0 Å². The summed E-state index contributed by atoms with van der Waals surface area (Å²) < 4.78 is 1.49. The van der Waals surface area contributed by atoms with E-state index in [4.69, 9.17) is 0 Å². The van der Waals surface area contributed by atoms with Gasteiger partial charge in [0.25, 0.3) is 5.56 Å². The molecule has 0 aliphatic rings. The Morgan fingerprint density at radius 1 is 1.21 bits per heavy atom. The molecule has 28 heavy (non-hydrogen) atoms. The van der Waals surface area contributed by atoms with Gasteiger partial charge in [0.15, 0.2) is 5.16 Å². The Hall–Kier alpha value is -2.65. The molecule has 3 rings (SSSR count). The SMILES string of the molecule is CCCCNC(=O)NC(=O)CSc1nc2sccc2c(=O)n1-c1ccccc1. The number of carbonyl (C=O) groups is 2. The van der Waals surface area contributed by atoms with Crippen LogP contribution in [0.25, 0.3) is 15.9 Å². The maximum absolute atomic E-state index is 12.9. The van der Waals surface area contributed by atoms with Gasteiger partial charge >= 0.3 is 6.03 Å². The van der Waals surface area contributed by atoms with Crippen LogP contribution in [0.1, 0.15) is 19.8 Å². The number of hydrogen-bond donors (Lipinski definition) is 2. The number of nitrogens with one attached hydrogen (secondary N) is 2. The summed E-state index contributed by atoms with van der Waals surface area (Å²) in [6.07, 6.45) is 1.81. The molecule has 3 amide bonds. The van der Waals surface area contributed by atoms with Gasteiger partial charge in [-0.3, -0.25) is 19.5 Å². The van der Waals surface area contributed by atoms with E-state index in [1.807, 2.05) is 42.6 Å². The molecule has 0 aliphatic carbocycles. The van der Waals surface area contributed by atoms with Gasteiger partial charge in [0, 0.05) is 6.54 Å². The zero-order chi connectivity index (χ0) is 19.9. The fourth-order valence-corrected chi connectivity index (χ4v) is 4.13. The number of carbonyl (C=O) groups excluding carboxylic acids is 2. The molecule has 0 spiro atoms. The first kappa shape index (κ1) is 20.1. The van der Waals surface area contributed by atoms with Gasteiger partial charge in [-0.05, 0) is 30.0 Å². The van der Waals surface area contributed by atoms with Crippen LogP contribution in [0.4, 0.5) is 4.79 Å². The molecule has 0 bridgehead atoms. The fourth-order valence-electron chi connectivity index (χ4n) is 2.51. The third kappa shape index (κ3) is 4.79. The molecule has 0 saturated heterocycles. The molecule has 3 aromatic rings. The van der Waals surface area contributed by atoms with Gasteiger partial charge in [-0.15, -0.1) is 11.3 Å². The third-order valence-electron chi connectivity index (χ3n) is 3.88. The molecule has 2 aromatic heterocycles. The van der Waals surface area contributed by atoms with Gasteiger partial charge in [-0.2, -0.15) is 0 Å². The van der Waals surface area contributed by atoms with Gasteiger partial charge in [0.1, 0.15) is 4.83 Å². The van der Waals surface area contributed by atoms with E-state index in [2.05, 4.69) is 15.6 Å². The predicted molar refractivity (Wildman–Crippen MR) is 112 cm³/mol. The minimum Gasteiger partial charge on any atom is -0.338 e. The third-order valence-corrected chi connectivity index (χ3v) is 5.63. The van der Waals surface area contributed by atoms with Gasteiger partial charge in [-0.1, -0.05) is 43.3 Å². The number of rotatable bonds is 7. The second kappa shape index (κ2) is 9.52. The Bertz CT molecular complexity index is 1030. The molecular formula is C19H20N4O3S2. The van der Waals surface area contributed by atoms with Crippen LogP contribution in [-0.4, -0.2) is 33.8 Å². The first-order chi connectivity index (χ1) is 13.6. The number of unbranched alkanes of at least 4 members (excludes halogenated alkanes) is 1. The normalized spacial score (nSPS) is 10.8. The summed E-state index contributed by atoms with van der Waals surface area (Å²) in [4.78, 5) is 41.9. The quantitative estimate of drug-likeness (QED) is 0.351. The van der Waals surface area contributed by atoms with Crippen LogP contribution < -0.4 is 16.2 Å². The van der Waals surface area contributed by atoms with Gasteiger partial charge < -0.3 is 5.32 Å². The van der Waals surface area contributed by atoms with Crippen molar-refractivity contribution >= 4 is 45.3 Å². The molecule has 7 nitrogen and oxygen atoms in total. The smallest absolute Gasteiger partial charge is 0.321 e. The van der Waals surface area contributed by atoms with Crippen molar-refractivity contribution in [1.29, 1.82) is 0 Å². The molecule has 9 heteroatoms. The lowest BCUT2D eigenvalue weighted by molar-refractivity contribution is -0.117. The highest BCUT2D eigenvalue weighted by atomic mass is 32.2. The van der Waals surface area contributed by atoms with E-state index in [1.54, 1.807) is 6.07 Å². The number of benzene rings is 1. The molecule has 146 valence electrons. The van der Waals surface area contributed by atoms with Crippen LogP contribution in [0, 0.1) is 0 Å². The number of thiophene rings is 1.